The summed E-state index contributed by atoms with van der Waals surface area (Å²) in [4.78, 5) is 2.80. The van der Waals surface area contributed by atoms with E-state index in [2.05, 4.69) is 48.2 Å². The highest BCUT2D eigenvalue weighted by atomic mass is 35.5. The van der Waals surface area contributed by atoms with Crippen LogP contribution in [0.1, 0.15) is 54.4 Å². The van der Waals surface area contributed by atoms with Crippen molar-refractivity contribution in [3.05, 3.63) is 64.7 Å². The van der Waals surface area contributed by atoms with Gasteiger partial charge in [0.25, 0.3) is 0 Å². The smallest absolute Gasteiger partial charge is 0.115 e. The molecule has 3 heteroatoms. The fourth-order valence-electron chi connectivity index (χ4n) is 6.38. The van der Waals surface area contributed by atoms with E-state index in [9.17, 15) is 5.11 Å². The fourth-order valence-corrected chi connectivity index (χ4v) is 6.38. The van der Waals surface area contributed by atoms with E-state index >= 15 is 0 Å². The van der Waals surface area contributed by atoms with Gasteiger partial charge < -0.3 is 5.11 Å². The molecule has 1 N–H and O–H groups in total. The van der Waals surface area contributed by atoms with Crippen LogP contribution < -0.4 is 0 Å². The van der Waals surface area contributed by atoms with E-state index in [1.807, 2.05) is 6.07 Å². The Kier molecular flexibility index (Phi) is 5.46. The van der Waals surface area contributed by atoms with Crippen molar-refractivity contribution >= 4 is 12.4 Å². The number of phenolic OH excluding ortho intramolecular Hbond substituents is 1. The van der Waals surface area contributed by atoms with E-state index in [0.717, 1.165) is 18.8 Å². The summed E-state index contributed by atoms with van der Waals surface area (Å²) >= 11 is 0. The Bertz CT molecular complexity index is 833. The summed E-state index contributed by atoms with van der Waals surface area (Å²) in [6.45, 7) is 4.55. The molecular weight excluding hydrogens is 366 g/mol. The number of rotatable bonds is 3. The fraction of sp³-hybridized carbons (Fsp3) is 0.520. The second-order valence-corrected chi connectivity index (χ2v) is 9.14. The Hall–Kier alpha value is -1.51. The number of piperidine rings is 1. The van der Waals surface area contributed by atoms with Gasteiger partial charge in [-0.15, -0.1) is 12.4 Å². The van der Waals surface area contributed by atoms with Crippen LogP contribution in [0.3, 0.4) is 0 Å². The quantitative estimate of drug-likeness (QED) is 0.747. The van der Waals surface area contributed by atoms with Crippen LogP contribution in [0.15, 0.2) is 42.5 Å². The van der Waals surface area contributed by atoms with Gasteiger partial charge in [0.1, 0.15) is 5.75 Å². The molecule has 1 aliphatic heterocycles. The van der Waals surface area contributed by atoms with Gasteiger partial charge in [-0.2, -0.15) is 0 Å². The molecule has 0 spiro atoms. The standard InChI is InChI=1S/C25H31NO.ClH/c1-18-5-7-19(8-6-18)11-14-26-15-13-25-12-3-2-4-22(25)24(26)16-20-9-10-21(27)17-23(20)25;/h5-10,17,22,24,27H,2-4,11-16H2,1H3;1H/t22-,24-,25-;/m0./s1. The normalized spacial score (nSPS) is 28.8. The van der Waals surface area contributed by atoms with Crippen molar-refractivity contribution in [2.75, 3.05) is 13.1 Å². The molecule has 2 aliphatic carbocycles. The summed E-state index contributed by atoms with van der Waals surface area (Å²) in [6.07, 6.45) is 8.98. The Balaban J connectivity index is 0.00000192. The number of fused-ring (bicyclic) bond motifs is 1. The highest BCUT2D eigenvalue weighted by Crippen LogP contribution is 2.56. The molecular formula is C25H32ClNO. The Morgan fingerprint density at radius 1 is 1.07 bits per heavy atom. The molecule has 1 heterocycles. The van der Waals surface area contributed by atoms with Crippen LogP contribution in [0.4, 0.5) is 0 Å². The highest BCUT2D eigenvalue weighted by Gasteiger charge is 2.53. The second-order valence-electron chi connectivity index (χ2n) is 9.14. The highest BCUT2D eigenvalue weighted by molar-refractivity contribution is 5.85. The van der Waals surface area contributed by atoms with E-state index in [4.69, 9.17) is 0 Å². The summed E-state index contributed by atoms with van der Waals surface area (Å²) in [5.74, 6) is 1.22. The average Bonchev–Trinajstić information content (AvgIpc) is 2.69. The molecule has 2 bridgehead atoms. The molecule has 2 nitrogen and oxygen atoms in total. The lowest BCUT2D eigenvalue weighted by atomic mass is 9.52. The average molecular weight is 398 g/mol. The first-order valence-corrected chi connectivity index (χ1v) is 10.8. The maximum atomic E-state index is 10.1. The monoisotopic (exact) mass is 397 g/mol. The van der Waals surface area contributed by atoms with Crippen molar-refractivity contribution in [2.24, 2.45) is 5.92 Å². The summed E-state index contributed by atoms with van der Waals surface area (Å²) in [6, 6.07) is 15.9. The first-order valence-electron chi connectivity index (χ1n) is 10.8. The second kappa shape index (κ2) is 7.72. The molecule has 0 aromatic heterocycles. The van der Waals surface area contributed by atoms with Gasteiger partial charge in [-0.1, -0.05) is 48.7 Å². The number of likely N-dealkylation sites (tertiary alicyclic amines) is 1. The molecule has 5 rings (SSSR count). The van der Waals surface area contributed by atoms with Gasteiger partial charge in [-0.3, -0.25) is 4.90 Å². The van der Waals surface area contributed by atoms with Crippen LogP contribution in [0.2, 0.25) is 0 Å². The third-order valence-corrected chi connectivity index (χ3v) is 7.74. The minimum absolute atomic E-state index is 0. The van der Waals surface area contributed by atoms with Gasteiger partial charge in [0.05, 0.1) is 0 Å². The molecule has 3 atom stereocenters. The molecule has 150 valence electrons. The van der Waals surface area contributed by atoms with E-state index < -0.39 is 0 Å². The van der Waals surface area contributed by atoms with Gasteiger partial charge in [0.2, 0.25) is 0 Å². The lowest BCUT2D eigenvalue weighted by Gasteiger charge is -2.59. The third-order valence-electron chi connectivity index (χ3n) is 7.74. The van der Waals surface area contributed by atoms with E-state index in [1.54, 1.807) is 0 Å². The topological polar surface area (TPSA) is 23.5 Å². The van der Waals surface area contributed by atoms with Gasteiger partial charge in [-0.05, 0) is 80.3 Å². The number of nitrogens with zero attached hydrogens (tertiary/aromatic N) is 1. The maximum Gasteiger partial charge on any atom is 0.115 e. The SMILES string of the molecule is Cc1ccc(CCN2CC[C@@]34CCCC[C@H]3[C@@H]2Cc2ccc(O)cc24)cc1.Cl. The number of benzene rings is 2. The molecule has 2 fully saturated rings. The number of aryl methyl sites for hydroxylation is 1. The lowest BCUT2D eigenvalue weighted by Crippen LogP contribution is -2.61. The predicted octanol–water partition coefficient (Wildman–Crippen LogP) is 5.42. The molecule has 0 unspecified atom stereocenters. The largest absolute Gasteiger partial charge is 0.508 e. The summed E-state index contributed by atoms with van der Waals surface area (Å²) in [7, 11) is 0. The van der Waals surface area contributed by atoms with Gasteiger partial charge in [0.15, 0.2) is 0 Å². The molecule has 0 amide bonds. The van der Waals surface area contributed by atoms with Crippen LogP contribution in [-0.4, -0.2) is 29.1 Å². The predicted molar refractivity (Wildman–Crippen MR) is 118 cm³/mol. The minimum Gasteiger partial charge on any atom is -0.508 e. The number of halogens is 1. The van der Waals surface area contributed by atoms with Crippen molar-refractivity contribution < 1.29 is 5.11 Å². The zero-order valence-electron chi connectivity index (χ0n) is 16.9. The molecule has 28 heavy (non-hydrogen) atoms. The first-order chi connectivity index (χ1) is 13.2. The maximum absolute atomic E-state index is 10.1. The lowest BCUT2D eigenvalue weighted by molar-refractivity contribution is -0.0106. The molecule has 3 aliphatic rings. The summed E-state index contributed by atoms with van der Waals surface area (Å²) < 4.78 is 0. The number of hydrogen-bond donors (Lipinski definition) is 1. The zero-order valence-corrected chi connectivity index (χ0v) is 17.7. The summed E-state index contributed by atoms with van der Waals surface area (Å²) in [5.41, 5.74) is 6.12. The van der Waals surface area contributed by atoms with Gasteiger partial charge in [0, 0.05) is 18.0 Å². The van der Waals surface area contributed by atoms with E-state index in [-0.39, 0.29) is 12.4 Å². The molecule has 2 aromatic carbocycles. The molecule has 2 aromatic rings. The van der Waals surface area contributed by atoms with Crippen LogP contribution in [0, 0.1) is 12.8 Å². The third kappa shape index (κ3) is 3.25. The summed E-state index contributed by atoms with van der Waals surface area (Å²) in [5, 5.41) is 10.1. The van der Waals surface area contributed by atoms with Crippen molar-refractivity contribution in [2.45, 2.75) is 63.3 Å². The van der Waals surface area contributed by atoms with Crippen LogP contribution >= 0.6 is 12.4 Å². The molecule has 0 radical (unpaired) electrons. The van der Waals surface area contributed by atoms with Crippen molar-refractivity contribution in [3.8, 4) is 5.75 Å². The number of aromatic hydroxyl groups is 1. The van der Waals surface area contributed by atoms with Crippen molar-refractivity contribution in [3.63, 3.8) is 0 Å². The van der Waals surface area contributed by atoms with Crippen molar-refractivity contribution in [1.82, 2.24) is 4.90 Å². The zero-order chi connectivity index (χ0) is 18.4. The first kappa shape index (κ1) is 19.8. The van der Waals surface area contributed by atoms with Crippen LogP contribution in [-0.2, 0) is 18.3 Å². The van der Waals surface area contributed by atoms with Crippen LogP contribution in [0.5, 0.6) is 5.75 Å². The van der Waals surface area contributed by atoms with Crippen molar-refractivity contribution in [1.29, 1.82) is 0 Å². The van der Waals surface area contributed by atoms with Gasteiger partial charge >= 0.3 is 0 Å². The Morgan fingerprint density at radius 2 is 1.89 bits per heavy atom. The molecule has 1 saturated heterocycles. The number of phenols is 1. The Labute approximate surface area is 175 Å². The van der Waals surface area contributed by atoms with E-state index in [1.165, 1.54) is 67.4 Å². The van der Waals surface area contributed by atoms with Crippen LogP contribution in [0.25, 0.3) is 0 Å². The minimum atomic E-state index is 0. The van der Waals surface area contributed by atoms with E-state index in [0.29, 0.717) is 17.2 Å². The number of hydrogen-bond acceptors (Lipinski definition) is 2. The van der Waals surface area contributed by atoms with Gasteiger partial charge in [-0.25, -0.2) is 0 Å². The Morgan fingerprint density at radius 3 is 2.71 bits per heavy atom. The molecule has 1 saturated carbocycles.